The van der Waals surface area contributed by atoms with E-state index >= 15 is 0 Å². The van der Waals surface area contributed by atoms with E-state index < -0.39 is 0 Å². The molecule has 4 nitrogen and oxygen atoms in total. The van der Waals surface area contributed by atoms with E-state index in [0.717, 1.165) is 19.5 Å². The summed E-state index contributed by atoms with van der Waals surface area (Å²) in [6.45, 7) is 2.52. The fourth-order valence-electron chi connectivity index (χ4n) is 1.79. The van der Waals surface area contributed by atoms with Gasteiger partial charge in [0.05, 0.1) is 12.6 Å². The van der Waals surface area contributed by atoms with Crippen molar-refractivity contribution in [3.8, 4) is 0 Å². The average molecular weight is 155 g/mol. The van der Waals surface area contributed by atoms with Crippen LogP contribution in [-0.2, 0) is 4.79 Å². The van der Waals surface area contributed by atoms with Crippen LogP contribution < -0.4 is 16.0 Å². The molecule has 0 radical (unpaired) electrons. The van der Waals surface area contributed by atoms with Gasteiger partial charge in [0.25, 0.3) is 0 Å². The van der Waals surface area contributed by atoms with E-state index in [9.17, 15) is 4.79 Å². The lowest BCUT2D eigenvalue weighted by Crippen LogP contribution is -2.61. The van der Waals surface area contributed by atoms with Crippen LogP contribution in [0.2, 0.25) is 0 Å². The van der Waals surface area contributed by atoms with Crippen molar-refractivity contribution in [2.24, 2.45) is 5.92 Å². The highest BCUT2D eigenvalue weighted by molar-refractivity contribution is 5.80. The van der Waals surface area contributed by atoms with Crippen molar-refractivity contribution < 1.29 is 4.79 Å². The lowest BCUT2D eigenvalue weighted by molar-refractivity contribution is -0.128. The molecule has 2 unspecified atom stereocenters. The van der Waals surface area contributed by atoms with Crippen LogP contribution in [0.15, 0.2) is 0 Å². The van der Waals surface area contributed by atoms with E-state index in [0.29, 0.717) is 12.7 Å². The zero-order valence-corrected chi connectivity index (χ0v) is 6.39. The molecular weight excluding hydrogens is 142 g/mol. The van der Waals surface area contributed by atoms with Crippen LogP contribution in [0, 0.1) is 5.92 Å². The molecule has 62 valence electrons. The molecule has 1 amide bonds. The van der Waals surface area contributed by atoms with Crippen molar-refractivity contribution in [1.82, 2.24) is 16.0 Å². The summed E-state index contributed by atoms with van der Waals surface area (Å²) in [7, 11) is 0. The van der Waals surface area contributed by atoms with Crippen LogP contribution in [0.25, 0.3) is 0 Å². The van der Waals surface area contributed by atoms with Crippen LogP contribution in [-0.4, -0.2) is 31.7 Å². The number of piperidine rings is 1. The minimum Gasteiger partial charge on any atom is -0.343 e. The van der Waals surface area contributed by atoms with E-state index in [1.165, 1.54) is 0 Å². The summed E-state index contributed by atoms with van der Waals surface area (Å²) in [6, 6.07) is 0.359. The van der Waals surface area contributed by atoms with Gasteiger partial charge in [-0.15, -0.1) is 0 Å². The van der Waals surface area contributed by atoms with Gasteiger partial charge in [-0.1, -0.05) is 0 Å². The minimum atomic E-state index is 0.199. The Labute approximate surface area is 65.7 Å². The van der Waals surface area contributed by atoms with E-state index in [4.69, 9.17) is 0 Å². The molecule has 0 aromatic heterocycles. The Hall–Kier alpha value is -0.610. The molecule has 2 aliphatic rings. The summed E-state index contributed by atoms with van der Waals surface area (Å²) < 4.78 is 0. The van der Waals surface area contributed by atoms with Crippen molar-refractivity contribution >= 4 is 5.91 Å². The third kappa shape index (κ3) is 1.23. The Balaban J connectivity index is 2.05. The largest absolute Gasteiger partial charge is 0.343 e. The smallest absolute Gasteiger partial charge is 0.225 e. The van der Waals surface area contributed by atoms with Crippen LogP contribution in [0.5, 0.6) is 0 Å². The Morgan fingerprint density at radius 1 is 1.45 bits per heavy atom. The number of fused-ring (bicyclic) bond motifs is 1. The normalized spacial score (nSPS) is 37.6. The number of carbonyl (C=O) groups excluding carboxylic acids is 1. The summed E-state index contributed by atoms with van der Waals surface area (Å²) in [5, 5.41) is 9.32. The van der Waals surface area contributed by atoms with Gasteiger partial charge in [0.2, 0.25) is 5.91 Å². The maximum atomic E-state index is 11.2. The molecule has 0 saturated carbocycles. The highest BCUT2D eigenvalue weighted by Crippen LogP contribution is 2.14. The zero-order chi connectivity index (χ0) is 7.68. The molecule has 0 aliphatic carbocycles. The number of hydrogen-bond donors (Lipinski definition) is 3. The molecule has 2 fully saturated rings. The SMILES string of the molecule is O=C1NCNC2CNCCC12. The zero-order valence-electron chi connectivity index (χ0n) is 6.39. The second-order valence-electron chi connectivity index (χ2n) is 3.13. The summed E-state index contributed by atoms with van der Waals surface area (Å²) in [6.07, 6.45) is 0.962. The Morgan fingerprint density at radius 3 is 3.18 bits per heavy atom. The Bertz CT molecular complexity index is 169. The number of amides is 1. The number of nitrogens with one attached hydrogen (secondary N) is 3. The van der Waals surface area contributed by atoms with Gasteiger partial charge in [0.15, 0.2) is 0 Å². The third-order valence-corrected chi connectivity index (χ3v) is 2.45. The molecule has 0 aromatic carbocycles. The van der Waals surface area contributed by atoms with Gasteiger partial charge in [-0.2, -0.15) is 0 Å². The van der Waals surface area contributed by atoms with Crippen LogP contribution in [0.4, 0.5) is 0 Å². The number of hydrogen-bond acceptors (Lipinski definition) is 3. The summed E-state index contributed by atoms with van der Waals surface area (Å²) in [5.41, 5.74) is 0. The van der Waals surface area contributed by atoms with E-state index in [-0.39, 0.29) is 11.8 Å². The van der Waals surface area contributed by atoms with Gasteiger partial charge in [-0.05, 0) is 13.0 Å². The Morgan fingerprint density at radius 2 is 2.36 bits per heavy atom. The molecule has 2 saturated heterocycles. The number of carbonyl (C=O) groups is 1. The maximum absolute atomic E-state index is 11.2. The molecule has 4 heteroatoms. The summed E-state index contributed by atoms with van der Waals surface area (Å²) >= 11 is 0. The van der Waals surface area contributed by atoms with E-state index in [1.807, 2.05) is 0 Å². The molecule has 2 aliphatic heterocycles. The first-order valence-electron chi connectivity index (χ1n) is 4.10. The molecule has 0 spiro atoms. The predicted octanol–water partition coefficient (Wildman–Crippen LogP) is -1.36. The van der Waals surface area contributed by atoms with Gasteiger partial charge in [-0.25, -0.2) is 0 Å². The number of rotatable bonds is 0. The monoisotopic (exact) mass is 155 g/mol. The van der Waals surface area contributed by atoms with Crippen LogP contribution in [0.1, 0.15) is 6.42 Å². The lowest BCUT2D eigenvalue weighted by atomic mass is 9.91. The van der Waals surface area contributed by atoms with Crippen molar-refractivity contribution in [3.05, 3.63) is 0 Å². The maximum Gasteiger partial charge on any atom is 0.225 e. The molecule has 2 rings (SSSR count). The van der Waals surface area contributed by atoms with Gasteiger partial charge in [-0.3, -0.25) is 10.1 Å². The molecular formula is C7H13N3O. The van der Waals surface area contributed by atoms with E-state index in [1.54, 1.807) is 0 Å². The molecule has 2 atom stereocenters. The predicted molar refractivity (Wildman–Crippen MR) is 40.9 cm³/mol. The van der Waals surface area contributed by atoms with Gasteiger partial charge in [0, 0.05) is 12.6 Å². The van der Waals surface area contributed by atoms with E-state index in [2.05, 4.69) is 16.0 Å². The third-order valence-electron chi connectivity index (χ3n) is 2.45. The second-order valence-corrected chi connectivity index (χ2v) is 3.13. The highest BCUT2D eigenvalue weighted by atomic mass is 16.2. The highest BCUT2D eigenvalue weighted by Gasteiger charge is 2.32. The first-order valence-corrected chi connectivity index (χ1v) is 4.10. The van der Waals surface area contributed by atoms with Crippen LogP contribution in [0.3, 0.4) is 0 Å². The Kier molecular flexibility index (Phi) is 1.79. The van der Waals surface area contributed by atoms with Crippen molar-refractivity contribution in [3.63, 3.8) is 0 Å². The topological polar surface area (TPSA) is 53.2 Å². The molecule has 2 heterocycles. The van der Waals surface area contributed by atoms with Gasteiger partial charge < -0.3 is 10.6 Å². The fraction of sp³-hybridized carbons (Fsp3) is 0.857. The lowest BCUT2D eigenvalue weighted by Gasteiger charge is -2.35. The average Bonchev–Trinajstić information content (AvgIpc) is 2.06. The quantitative estimate of drug-likeness (QED) is 0.405. The minimum absolute atomic E-state index is 0.199. The standard InChI is InChI=1S/C7H13N3O/c11-7-5-1-2-8-3-6(5)9-4-10-7/h5-6,8-9H,1-4H2,(H,10,11). The first-order chi connectivity index (χ1) is 5.38. The summed E-state index contributed by atoms with van der Waals surface area (Å²) in [5.74, 6) is 0.417. The second kappa shape index (κ2) is 2.79. The summed E-state index contributed by atoms with van der Waals surface area (Å²) in [4.78, 5) is 11.2. The first kappa shape index (κ1) is 7.06. The van der Waals surface area contributed by atoms with Crippen molar-refractivity contribution in [2.45, 2.75) is 12.5 Å². The molecule has 0 aromatic rings. The van der Waals surface area contributed by atoms with Crippen molar-refractivity contribution in [1.29, 1.82) is 0 Å². The van der Waals surface area contributed by atoms with Crippen LogP contribution >= 0.6 is 0 Å². The van der Waals surface area contributed by atoms with Gasteiger partial charge in [0.1, 0.15) is 0 Å². The molecule has 11 heavy (non-hydrogen) atoms. The molecule has 3 N–H and O–H groups in total. The van der Waals surface area contributed by atoms with Gasteiger partial charge >= 0.3 is 0 Å². The fourth-order valence-corrected chi connectivity index (χ4v) is 1.79. The molecule has 0 bridgehead atoms. The van der Waals surface area contributed by atoms with Crippen molar-refractivity contribution in [2.75, 3.05) is 19.8 Å².